The van der Waals surface area contributed by atoms with Gasteiger partial charge < -0.3 is 5.73 Å². The quantitative estimate of drug-likeness (QED) is 0.702. The largest absolute Gasteiger partial charge is 0.370 e. The third-order valence-corrected chi connectivity index (χ3v) is 2.39. The van der Waals surface area contributed by atoms with Crippen LogP contribution in [0.4, 0.5) is 0 Å². The standard InChI is InChI=1S/C8H12N2OS/c9-7(11)3-1-2-4-8-10-5-6-12-8/h5-6H,1-4H2,(H2,9,11). The van der Waals surface area contributed by atoms with Gasteiger partial charge in [-0.05, 0) is 19.3 Å². The summed E-state index contributed by atoms with van der Waals surface area (Å²) < 4.78 is 0. The predicted molar refractivity (Wildman–Crippen MR) is 48.9 cm³/mol. The maximum absolute atomic E-state index is 10.4. The number of carbonyl (C=O) groups excluding carboxylic acids is 1. The van der Waals surface area contributed by atoms with Crippen LogP contribution in [0.25, 0.3) is 0 Å². The van der Waals surface area contributed by atoms with Gasteiger partial charge in [-0.3, -0.25) is 4.79 Å². The second-order valence-corrected chi connectivity index (χ2v) is 3.58. The van der Waals surface area contributed by atoms with Crippen LogP contribution >= 0.6 is 11.3 Å². The maximum atomic E-state index is 10.4. The molecule has 12 heavy (non-hydrogen) atoms. The van der Waals surface area contributed by atoms with Crippen molar-refractivity contribution in [1.82, 2.24) is 4.98 Å². The van der Waals surface area contributed by atoms with Gasteiger partial charge >= 0.3 is 0 Å². The molecular formula is C8H12N2OS. The fourth-order valence-corrected chi connectivity index (χ4v) is 1.61. The smallest absolute Gasteiger partial charge is 0.217 e. The molecule has 0 aliphatic carbocycles. The molecule has 0 unspecified atom stereocenters. The first kappa shape index (κ1) is 9.19. The van der Waals surface area contributed by atoms with Crippen molar-refractivity contribution in [2.75, 3.05) is 0 Å². The van der Waals surface area contributed by atoms with E-state index < -0.39 is 0 Å². The van der Waals surface area contributed by atoms with Gasteiger partial charge in [-0.25, -0.2) is 4.98 Å². The zero-order chi connectivity index (χ0) is 8.81. The first-order valence-electron chi connectivity index (χ1n) is 3.95. The second-order valence-electron chi connectivity index (χ2n) is 2.60. The molecule has 1 aromatic heterocycles. The molecule has 0 atom stereocenters. The van der Waals surface area contributed by atoms with Crippen molar-refractivity contribution in [3.8, 4) is 0 Å². The number of carbonyl (C=O) groups is 1. The molecule has 0 aliphatic rings. The molecule has 0 aromatic carbocycles. The fourth-order valence-electron chi connectivity index (χ4n) is 0.952. The van der Waals surface area contributed by atoms with Gasteiger partial charge in [0, 0.05) is 18.0 Å². The molecule has 0 saturated heterocycles. The van der Waals surface area contributed by atoms with Gasteiger partial charge in [0.25, 0.3) is 0 Å². The molecule has 3 nitrogen and oxygen atoms in total. The first-order valence-corrected chi connectivity index (χ1v) is 4.83. The molecule has 0 bridgehead atoms. The molecule has 1 aromatic rings. The summed E-state index contributed by atoms with van der Waals surface area (Å²) in [6, 6.07) is 0. The Morgan fingerprint density at radius 3 is 3.00 bits per heavy atom. The van der Waals surface area contributed by atoms with Gasteiger partial charge in [0.1, 0.15) is 0 Å². The Bertz CT molecular complexity index is 233. The van der Waals surface area contributed by atoms with Crippen LogP contribution in [0.5, 0.6) is 0 Å². The van der Waals surface area contributed by atoms with Gasteiger partial charge in [-0.1, -0.05) is 0 Å². The normalized spacial score (nSPS) is 10.0. The van der Waals surface area contributed by atoms with Crippen LogP contribution in [0.15, 0.2) is 11.6 Å². The lowest BCUT2D eigenvalue weighted by molar-refractivity contribution is -0.118. The van der Waals surface area contributed by atoms with Crippen LogP contribution in [-0.4, -0.2) is 10.9 Å². The van der Waals surface area contributed by atoms with Gasteiger partial charge in [-0.15, -0.1) is 11.3 Å². The Balaban J connectivity index is 2.07. The SMILES string of the molecule is NC(=O)CCCCc1nccs1. The second kappa shape index (κ2) is 4.87. The summed E-state index contributed by atoms with van der Waals surface area (Å²) in [4.78, 5) is 14.5. The van der Waals surface area contributed by atoms with Gasteiger partial charge in [0.2, 0.25) is 5.91 Å². The van der Waals surface area contributed by atoms with Crippen molar-refractivity contribution in [1.29, 1.82) is 0 Å². The number of hydrogen-bond acceptors (Lipinski definition) is 3. The zero-order valence-corrected chi connectivity index (χ0v) is 7.64. The van der Waals surface area contributed by atoms with Crippen molar-refractivity contribution in [3.05, 3.63) is 16.6 Å². The first-order chi connectivity index (χ1) is 5.79. The van der Waals surface area contributed by atoms with E-state index >= 15 is 0 Å². The van der Waals surface area contributed by atoms with Crippen LogP contribution in [0.3, 0.4) is 0 Å². The number of primary amides is 1. The number of hydrogen-bond donors (Lipinski definition) is 1. The molecule has 0 fully saturated rings. The molecule has 0 saturated carbocycles. The zero-order valence-electron chi connectivity index (χ0n) is 6.82. The van der Waals surface area contributed by atoms with Crippen LogP contribution < -0.4 is 5.73 Å². The molecule has 1 rings (SSSR count). The van der Waals surface area contributed by atoms with Crippen LogP contribution in [0.2, 0.25) is 0 Å². The lowest BCUT2D eigenvalue weighted by Gasteiger charge is -1.94. The van der Waals surface area contributed by atoms with Crippen LogP contribution in [-0.2, 0) is 11.2 Å². The Kier molecular flexibility index (Phi) is 3.73. The van der Waals surface area contributed by atoms with Crippen molar-refractivity contribution < 1.29 is 4.79 Å². The summed E-state index contributed by atoms with van der Waals surface area (Å²) in [5.41, 5.74) is 5.00. The van der Waals surface area contributed by atoms with E-state index in [1.165, 1.54) is 0 Å². The van der Waals surface area contributed by atoms with Crippen LogP contribution in [0, 0.1) is 0 Å². The third kappa shape index (κ3) is 3.48. The number of nitrogens with zero attached hydrogens (tertiary/aromatic N) is 1. The summed E-state index contributed by atoms with van der Waals surface area (Å²) >= 11 is 1.65. The van der Waals surface area contributed by atoms with E-state index in [9.17, 15) is 4.79 Å². The molecule has 1 amide bonds. The Morgan fingerprint density at radius 1 is 1.58 bits per heavy atom. The minimum atomic E-state index is -0.214. The number of nitrogens with two attached hydrogens (primary N) is 1. The number of aryl methyl sites for hydroxylation is 1. The Labute approximate surface area is 75.6 Å². The molecular weight excluding hydrogens is 172 g/mol. The summed E-state index contributed by atoms with van der Waals surface area (Å²) in [5.74, 6) is -0.214. The Morgan fingerprint density at radius 2 is 2.42 bits per heavy atom. The number of rotatable bonds is 5. The van der Waals surface area contributed by atoms with Crippen molar-refractivity contribution in [3.63, 3.8) is 0 Å². The van der Waals surface area contributed by atoms with E-state index in [-0.39, 0.29) is 5.91 Å². The highest BCUT2D eigenvalue weighted by atomic mass is 32.1. The summed E-state index contributed by atoms with van der Waals surface area (Å²) in [5, 5.41) is 3.10. The Hall–Kier alpha value is -0.900. The molecule has 0 radical (unpaired) electrons. The van der Waals surface area contributed by atoms with Crippen molar-refractivity contribution in [2.45, 2.75) is 25.7 Å². The average Bonchev–Trinajstić information content (AvgIpc) is 2.49. The average molecular weight is 184 g/mol. The van der Waals surface area contributed by atoms with Gasteiger partial charge in [0.05, 0.1) is 5.01 Å². The predicted octanol–water partition coefficient (Wildman–Crippen LogP) is 1.34. The lowest BCUT2D eigenvalue weighted by atomic mass is 10.2. The van der Waals surface area contributed by atoms with E-state index in [1.807, 2.05) is 5.38 Å². The van der Waals surface area contributed by atoms with Crippen LogP contribution in [0.1, 0.15) is 24.3 Å². The lowest BCUT2D eigenvalue weighted by Crippen LogP contribution is -2.09. The van der Waals surface area contributed by atoms with E-state index in [0.717, 1.165) is 24.3 Å². The van der Waals surface area contributed by atoms with Crippen molar-refractivity contribution in [2.24, 2.45) is 5.73 Å². The molecule has 0 spiro atoms. The van der Waals surface area contributed by atoms with Gasteiger partial charge in [-0.2, -0.15) is 0 Å². The highest BCUT2D eigenvalue weighted by Gasteiger charge is 1.97. The van der Waals surface area contributed by atoms with Gasteiger partial charge in [0.15, 0.2) is 0 Å². The topological polar surface area (TPSA) is 56.0 Å². The highest BCUT2D eigenvalue weighted by molar-refractivity contribution is 7.09. The number of thiazole rings is 1. The van der Waals surface area contributed by atoms with E-state index in [0.29, 0.717) is 6.42 Å². The number of aromatic nitrogens is 1. The number of unbranched alkanes of at least 4 members (excludes halogenated alkanes) is 1. The fraction of sp³-hybridized carbons (Fsp3) is 0.500. The summed E-state index contributed by atoms with van der Waals surface area (Å²) in [6.45, 7) is 0. The highest BCUT2D eigenvalue weighted by Crippen LogP contribution is 2.08. The molecule has 1 heterocycles. The van der Waals surface area contributed by atoms with E-state index in [2.05, 4.69) is 4.98 Å². The minimum Gasteiger partial charge on any atom is -0.370 e. The number of amides is 1. The minimum absolute atomic E-state index is 0.214. The molecule has 0 aliphatic heterocycles. The summed E-state index contributed by atoms with van der Waals surface area (Å²) in [6.07, 6.45) is 5.12. The maximum Gasteiger partial charge on any atom is 0.217 e. The van der Waals surface area contributed by atoms with E-state index in [1.54, 1.807) is 17.5 Å². The monoisotopic (exact) mass is 184 g/mol. The third-order valence-electron chi connectivity index (χ3n) is 1.55. The molecule has 66 valence electrons. The van der Waals surface area contributed by atoms with E-state index in [4.69, 9.17) is 5.73 Å². The molecule has 2 N–H and O–H groups in total. The summed E-state index contributed by atoms with van der Waals surface area (Å²) in [7, 11) is 0. The molecule has 4 heteroatoms. The van der Waals surface area contributed by atoms with Crippen molar-refractivity contribution >= 4 is 17.2 Å².